The summed E-state index contributed by atoms with van der Waals surface area (Å²) in [5.74, 6) is 0.593. The minimum atomic E-state index is -0.806. The third-order valence-corrected chi connectivity index (χ3v) is 7.14. The second-order valence-corrected chi connectivity index (χ2v) is 9.48. The molecule has 0 amide bonds. The summed E-state index contributed by atoms with van der Waals surface area (Å²) in [7, 11) is 3.07. The smallest absolute Gasteiger partial charge is 0.338 e. The highest BCUT2D eigenvalue weighted by molar-refractivity contribution is 9.10. The van der Waals surface area contributed by atoms with Gasteiger partial charge in [-0.3, -0.25) is 9.36 Å². The fourth-order valence-electron chi connectivity index (χ4n) is 3.89. The topological polar surface area (TPSA) is 99.4 Å². The molecular formula is C25H23BrN2O6S. The third-order valence-electron chi connectivity index (χ3n) is 5.52. The Bertz CT molecular complexity index is 1520. The first-order valence-electron chi connectivity index (χ1n) is 10.7. The van der Waals surface area contributed by atoms with Gasteiger partial charge in [-0.1, -0.05) is 17.4 Å². The second kappa shape index (κ2) is 10.1. The molecule has 1 aromatic heterocycles. The molecule has 1 aliphatic heterocycles. The van der Waals surface area contributed by atoms with Gasteiger partial charge >= 0.3 is 5.97 Å². The van der Waals surface area contributed by atoms with Gasteiger partial charge in [-0.25, -0.2) is 9.79 Å². The Morgan fingerprint density at radius 3 is 2.66 bits per heavy atom. The molecule has 35 heavy (non-hydrogen) atoms. The number of fused-ring (bicyclic) bond motifs is 1. The van der Waals surface area contributed by atoms with Crippen molar-refractivity contribution in [2.75, 3.05) is 20.8 Å². The third kappa shape index (κ3) is 4.63. The van der Waals surface area contributed by atoms with E-state index in [1.165, 1.54) is 23.0 Å². The SMILES string of the molecule is CCOC(=O)C1=C(C)N=c2s/c(=C\c3ccc(O)c(Br)c3)c(=O)n2[C@@H]1c1ccc(OC)cc1OC. The Morgan fingerprint density at radius 1 is 1.23 bits per heavy atom. The van der Waals surface area contributed by atoms with Crippen molar-refractivity contribution in [1.82, 2.24) is 4.57 Å². The lowest BCUT2D eigenvalue weighted by Crippen LogP contribution is -2.40. The molecule has 0 spiro atoms. The van der Waals surface area contributed by atoms with Crippen LogP contribution in [0, 0.1) is 0 Å². The van der Waals surface area contributed by atoms with Crippen molar-refractivity contribution in [3.63, 3.8) is 0 Å². The van der Waals surface area contributed by atoms with Crippen LogP contribution in [-0.4, -0.2) is 36.5 Å². The Kier molecular flexibility index (Phi) is 7.13. The van der Waals surface area contributed by atoms with Crippen LogP contribution in [0.3, 0.4) is 0 Å². The first kappa shape index (κ1) is 24.7. The molecule has 2 heterocycles. The Labute approximate surface area is 213 Å². The Balaban J connectivity index is 1.99. The highest BCUT2D eigenvalue weighted by Gasteiger charge is 2.35. The quantitative estimate of drug-likeness (QED) is 0.466. The van der Waals surface area contributed by atoms with Crippen LogP contribution in [0.2, 0.25) is 0 Å². The molecule has 0 aliphatic carbocycles. The molecule has 0 unspecified atom stereocenters. The summed E-state index contributed by atoms with van der Waals surface area (Å²) in [5.41, 5.74) is 1.74. The first-order valence-corrected chi connectivity index (χ1v) is 12.3. The normalized spacial score (nSPS) is 15.5. The van der Waals surface area contributed by atoms with Crippen LogP contribution in [-0.2, 0) is 9.53 Å². The van der Waals surface area contributed by atoms with Crippen molar-refractivity contribution in [2.24, 2.45) is 4.99 Å². The molecule has 10 heteroatoms. The number of hydrogen-bond acceptors (Lipinski definition) is 8. The number of aromatic hydroxyl groups is 1. The summed E-state index contributed by atoms with van der Waals surface area (Å²) >= 11 is 4.51. The number of thiazole rings is 1. The van der Waals surface area contributed by atoms with Crippen molar-refractivity contribution in [2.45, 2.75) is 19.9 Å². The average molecular weight is 559 g/mol. The molecule has 1 N–H and O–H groups in total. The summed E-state index contributed by atoms with van der Waals surface area (Å²) in [6.45, 7) is 3.63. The number of phenols is 1. The molecule has 0 bridgehead atoms. The van der Waals surface area contributed by atoms with Gasteiger partial charge in [0, 0.05) is 11.6 Å². The maximum absolute atomic E-state index is 13.7. The van der Waals surface area contributed by atoms with Gasteiger partial charge in [0.05, 0.1) is 41.1 Å². The number of esters is 1. The van der Waals surface area contributed by atoms with E-state index in [4.69, 9.17) is 14.2 Å². The lowest BCUT2D eigenvalue weighted by Gasteiger charge is -2.26. The molecule has 1 atom stereocenters. The van der Waals surface area contributed by atoms with Gasteiger partial charge in [0.2, 0.25) is 0 Å². The number of phenolic OH excluding ortho intramolecular Hbond substituents is 1. The number of ether oxygens (including phenoxy) is 3. The molecule has 8 nitrogen and oxygen atoms in total. The highest BCUT2D eigenvalue weighted by atomic mass is 79.9. The monoisotopic (exact) mass is 558 g/mol. The minimum absolute atomic E-state index is 0.102. The number of nitrogens with zero attached hydrogens (tertiary/aromatic N) is 2. The van der Waals surface area contributed by atoms with Gasteiger partial charge in [-0.15, -0.1) is 0 Å². The van der Waals surface area contributed by atoms with Gasteiger partial charge in [0.25, 0.3) is 5.56 Å². The molecule has 0 saturated carbocycles. The molecule has 2 aromatic carbocycles. The zero-order valence-corrected chi connectivity index (χ0v) is 21.9. The van der Waals surface area contributed by atoms with E-state index in [1.807, 2.05) is 0 Å². The molecule has 3 aromatic rings. The van der Waals surface area contributed by atoms with Gasteiger partial charge in [-0.05, 0) is 65.7 Å². The van der Waals surface area contributed by atoms with Gasteiger partial charge < -0.3 is 19.3 Å². The van der Waals surface area contributed by atoms with E-state index in [9.17, 15) is 14.7 Å². The van der Waals surface area contributed by atoms with E-state index in [-0.39, 0.29) is 23.5 Å². The predicted octanol–water partition coefficient (Wildman–Crippen LogP) is 3.28. The zero-order valence-electron chi connectivity index (χ0n) is 19.5. The van der Waals surface area contributed by atoms with Crippen molar-refractivity contribution in [1.29, 1.82) is 0 Å². The first-order chi connectivity index (χ1) is 16.8. The number of hydrogen-bond donors (Lipinski definition) is 1. The Hall–Kier alpha value is -3.37. The van der Waals surface area contributed by atoms with Crippen LogP contribution >= 0.6 is 27.3 Å². The Morgan fingerprint density at radius 2 is 2.00 bits per heavy atom. The summed E-state index contributed by atoms with van der Waals surface area (Å²) in [6, 6.07) is 9.39. The van der Waals surface area contributed by atoms with E-state index >= 15 is 0 Å². The van der Waals surface area contributed by atoms with Crippen LogP contribution in [0.5, 0.6) is 17.2 Å². The van der Waals surface area contributed by atoms with Crippen LogP contribution in [0.15, 0.2) is 61.9 Å². The van der Waals surface area contributed by atoms with Crippen LogP contribution < -0.4 is 24.4 Å². The summed E-state index contributed by atoms with van der Waals surface area (Å²) < 4.78 is 18.7. The van der Waals surface area contributed by atoms with E-state index in [0.717, 1.165) is 5.56 Å². The lowest BCUT2D eigenvalue weighted by molar-refractivity contribution is -0.139. The maximum atomic E-state index is 13.7. The summed E-state index contributed by atoms with van der Waals surface area (Å²) in [6.07, 6.45) is 1.72. The minimum Gasteiger partial charge on any atom is -0.507 e. The van der Waals surface area contributed by atoms with E-state index < -0.39 is 12.0 Å². The maximum Gasteiger partial charge on any atom is 0.338 e. The van der Waals surface area contributed by atoms with E-state index in [1.54, 1.807) is 63.4 Å². The fraction of sp³-hybridized carbons (Fsp3) is 0.240. The zero-order chi connectivity index (χ0) is 25.3. The van der Waals surface area contributed by atoms with Gasteiger partial charge in [-0.2, -0.15) is 0 Å². The fourth-order valence-corrected chi connectivity index (χ4v) is 5.34. The molecule has 4 rings (SSSR count). The molecular weight excluding hydrogens is 536 g/mol. The van der Waals surface area contributed by atoms with Crippen LogP contribution in [0.1, 0.15) is 31.0 Å². The van der Waals surface area contributed by atoms with Gasteiger partial charge in [0.1, 0.15) is 23.3 Å². The molecule has 0 saturated heterocycles. The highest BCUT2D eigenvalue weighted by Crippen LogP contribution is 2.37. The molecule has 1 aliphatic rings. The number of carbonyl (C=O) groups is 1. The van der Waals surface area contributed by atoms with Crippen molar-refractivity contribution in [3.8, 4) is 17.2 Å². The van der Waals surface area contributed by atoms with Crippen LogP contribution in [0.25, 0.3) is 6.08 Å². The van der Waals surface area contributed by atoms with Gasteiger partial charge in [0.15, 0.2) is 4.80 Å². The van der Waals surface area contributed by atoms with Crippen LogP contribution in [0.4, 0.5) is 0 Å². The largest absolute Gasteiger partial charge is 0.507 e. The number of methoxy groups -OCH3 is 2. The van der Waals surface area contributed by atoms with Crippen molar-refractivity contribution >= 4 is 39.3 Å². The number of allylic oxidation sites excluding steroid dienone is 1. The van der Waals surface area contributed by atoms with E-state index in [2.05, 4.69) is 20.9 Å². The standard InChI is InChI=1S/C25H23BrN2O6S/c1-5-34-24(31)21-13(2)27-25-28(22(21)16-8-7-15(32-3)12-19(16)33-4)23(30)20(35-25)11-14-6-9-18(29)17(26)10-14/h6-12,22,29H,5H2,1-4H3/b20-11-/t22-/m1/s1. The average Bonchev–Trinajstić information content (AvgIpc) is 3.14. The second-order valence-electron chi connectivity index (χ2n) is 7.62. The molecule has 182 valence electrons. The molecule has 0 radical (unpaired) electrons. The number of carbonyl (C=O) groups excluding carboxylic acids is 1. The predicted molar refractivity (Wildman–Crippen MR) is 136 cm³/mol. The number of rotatable bonds is 6. The van der Waals surface area contributed by atoms with Crippen molar-refractivity contribution in [3.05, 3.63) is 83.0 Å². The summed E-state index contributed by atoms with van der Waals surface area (Å²) in [4.78, 5) is 31.8. The number of halogens is 1. The number of aromatic nitrogens is 1. The molecule has 0 fully saturated rings. The lowest BCUT2D eigenvalue weighted by atomic mass is 9.95. The van der Waals surface area contributed by atoms with E-state index in [0.29, 0.717) is 36.6 Å². The van der Waals surface area contributed by atoms with Crippen molar-refractivity contribution < 1.29 is 24.1 Å². The summed E-state index contributed by atoms with van der Waals surface area (Å²) in [5, 5.41) is 9.79. The number of benzene rings is 2.